The number of nitrogens with zero attached hydrogens (tertiary/aromatic N) is 1. The lowest BCUT2D eigenvalue weighted by atomic mass is 9.83. The van der Waals surface area contributed by atoms with Crippen molar-refractivity contribution in [2.75, 3.05) is 26.8 Å². The summed E-state index contributed by atoms with van der Waals surface area (Å²) >= 11 is 6.41. The Morgan fingerprint density at radius 1 is 1.32 bits per heavy atom. The maximum Gasteiger partial charge on any atom is 0.225 e. The summed E-state index contributed by atoms with van der Waals surface area (Å²) < 4.78 is 5.16. The highest BCUT2D eigenvalue weighted by atomic mass is 35.5. The Labute approximate surface area is 153 Å². The van der Waals surface area contributed by atoms with Gasteiger partial charge in [-0.05, 0) is 36.8 Å². The second-order valence-corrected chi connectivity index (χ2v) is 7.29. The Kier molecular flexibility index (Phi) is 5.97. The molecule has 1 saturated carbocycles. The number of nitrogens with one attached hydrogen (secondary N) is 1. The lowest BCUT2D eigenvalue weighted by Gasteiger charge is -2.41. The van der Waals surface area contributed by atoms with Crippen molar-refractivity contribution >= 4 is 23.4 Å². The number of carbonyl (C=O) groups excluding carboxylic acids is 2. The summed E-state index contributed by atoms with van der Waals surface area (Å²) in [5.41, 5.74) is 0.833. The zero-order valence-corrected chi connectivity index (χ0v) is 15.3. The maximum absolute atomic E-state index is 12.8. The van der Waals surface area contributed by atoms with Crippen LogP contribution in [-0.4, -0.2) is 43.5 Å². The average Bonchev–Trinajstić information content (AvgIpc) is 3.43. The fourth-order valence-electron chi connectivity index (χ4n) is 3.48. The molecule has 0 spiro atoms. The first-order valence-electron chi connectivity index (χ1n) is 8.92. The van der Waals surface area contributed by atoms with E-state index in [-0.39, 0.29) is 23.8 Å². The van der Waals surface area contributed by atoms with E-state index in [1.54, 1.807) is 12.0 Å². The second-order valence-electron chi connectivity index (χ2n) is 6.88. The van der Waals surface area contributed by atoms with Crippen molar-refractivity contribution in [1.82, 2.24) is 10.2 Å². The van der Waals surface area contributed by atoms with Crippen molar-refractivity contribution in [2.45, 2.75) is 31.7 Å². The molecule has 1 N–H and O–H groups in total. The van der Waals surface area contributed by atoms with E-state index in [0.717, 1.165) is 12.1 Å². The molecule has 0 aromatic heterocycles. The van der Waals surface area contributed by atoms with Gasteiger partial charge in [-0.1, -0.05) is 29.8 Å². The number of amides is 2. The van der Waals surface area contributed by atoms with Crippen LogP contribution in [0.15, 0.2) is 24.3 Å². The van der Waals surface area contributed by atoms with Gasteiger partial charge in [0.15, 0.2) is 0 Å². The fraction of sp³-hybridized carbons (Fsp3) is 0.579. The highest BCUT2D eigenvalue weighted by molar-refractivity contribution is 6.31. The lowest BCUT2D eigenvalue weighted by molar-refractivity contribution is -0.144. The normalized spacial score (nSPS) is 23.6. The number of benzene rings is 1. The van der Waals surface area contributed by atoms with E-state index >= 15 is 0 Å². The number of methoxy groups -OCH3 is 1. The van der Waals surface area contributed by atoms with Gasteiger partial charge >= 0.3 is 0 Å². The molecular formula is C19H25ClN2O3. The van der Waals surface area contributed by atoms with Gasteiger partial charge in [0.05, 0.1) is 18.6 Å². The molecule has 25 heavy (non-hydrogen) atoms. The van der Waals surface area contributed by atoms with Crippen LogP contribution in [0.5, 0.6) is 0 Å². The SMILES string of the molecule is COCCN1C(=O)CC[C@@H](C(=O)NCC2CC2)[C@@H]1c1ccccc1Cl. The second kappa shape index (κ2) is 8.19. The molecule has 1 saturated heterocycles. The predicted molar refractivity (Wildman–Crippen MR) is 96.2 cm³/mol. The van der Waals surface area contributed by atoms with Crippen LogP contribution >= 0.6 is 11.6 Å². The monoisotopic (exact) mass is 364 g/mol. The summed E-state index contributed by atoms with van der Waals surface area (Å²) in [4.78, 5) is 27.1. The van der Waals surface area contributed by atoms with E-state index in [2.05, 4.69) is 5.32 Å². The zero-order valence-electron chi connectivity index (χ0n) is 14.5. The van der Waals surface area contributed by atoms with Gasteiger partial charge in [0.1, 0.15) is 0 Å². The molecule has 0 bridgehead atoms. The zero-order chi connectivity index (χ0) is 17.8. The van der Waals surface area contributed by atoms with Crippen LogP contribution in [0.2, 0.25) is 5.02 Å². The number of hydrogen-bond acceptors (Lipinski definition) is 3. The van der Waals surface area contributed by atoms with Crippen LogP contribution < -0.4 is 5.32 Å². The number of carbonyl (C=O) groups is 2. The fourth-order valence-corrected chi connectivity index (χ4v) is 3.73. The number of ether oxygens (including phenoxy) is 1. The van der Waals surface area contributed by atoms with Gasteiger partial charge in [-0.15, -0.1) is 0 Å². The minimum atomic E-state index is -0.343. The molecule has 6 heteroatoms. The first-order chi connectivity index (χ1) is 12.1. The third kappa shape index (κ3) is 4.33. The Morgan fingerprint density at radius 3 is 2.76 bits per heavy atom. The third-order valence-electron chi connectivity index (χ3n) is 5.07. The Morgan fingerprint density at radius 2 is 2.08 bits per heavy atom. The smallest absolute Gasteiger partial charge is 0.225 e. The van der Waals surface area contributed by atoms with Crippen LogP contribution in [0.3, 0.4) is 0 Å². The molecular weight excluding hydrogens is 340 g/mol. The molecule has 1 aliphatic heterocycles. The van der Waals surface area contributed by atoms with Crippen LogP contribution in [0.25, 0.3) is 0 Å². The Balaban J connectivity index is 1.86. The van der Waals surface area contributed by atoms with E-state index < -0.39 is 0 Å². The molecule has 136 valence electrons. The summed E-state index contributed by atoms with van der Waals surface area (Å²) in [7, 11) is 1.61. The summed E-state index contributed by atoms with van der Waals surface area (Å²) in [6.07, 6.45) is 3.32. The van der Waals surface area contributed by atoms with Crippen LogP contribution in [0.4, 0.5) is 0 Å². The van der Waals surface area contributed by atoms with E-state index in [0.29, 0.717) is 36.9 Å². The molecule has 5 nitrogen and oxygen atoms in total. The van der Waals surface area contributed by atoms with Gasteiger partial charge in [-0.3, -0.25) is 9.59 Å². The topological polar surface area (TPSA) is 58.6 Å². The largest absolute Gasteiger partial charge is 0.383 e. The number of likely N-dealkylation sites (tertiary alicyclic amines) is 1. The van der Waals surface area contributed by atoms with Gasteiger partial charge in [0.2, 0.25) is 11.8 Å². The van der Waals surface area contributed by atoms with Gasteiger partial charge in [0.25, 0.3) is 0 Å². The van der Waals surface area contributed by atoms with Crippen LogP contribution in [0, 0.1) is 11.8 Å². The first-order valence-corrected chi connectivity index (χ1v) is 9.30. The van der Waals surface area contributed by atoms with Gasteiger partial charge < -0.3 is 15.0 Å². The van der Waals surface area contributed by atoms with Crippen molar-refractivity contribution in [3.63, 3.8) is 0 Å². The maximum atomic E-state index is 12.8. The van der Waals surface area contributed by atoms with Crippen LogP contribution in [-0.2, 0) is 14.3 Å². The van der Waals surface area contributed by atoms with Crippen molar-refractivity contribution in [3.8, 4) is 0 Å². The van der Waals surface area contributed by atoms with Crippen molar-refractivity contribution < 1.29 is 14.3 Å². The lowest BCUT2D eigenvalue weighted by Crippen LogP contribution is -2.49. The number of hydrogen-bond donors (Lipinski definition) is 1. The van der Waals surface area contributed by atoms with Crippen LogP contribution in [0.1, 0.15) is 37.3 Å². The highest BCUT2D eigenvalue weighted by Gasteiger charge is 2.41. The molecule has 0 unspecified atom stereocenters. The third-order valence-corrected chi connectivity index (χ3v) is 5.41. The molecule has 2 fully saturated rings. The van der Waals surface area contributed by atoms with Crippen molar-refractivity contribution in [2.24, 2.45) is 11.8 Å². The van der Waals surface area contributed by atoms with E-state index in [1.165, 1.54) is 12.8 Å². The number of rotatable bonds is 7. The molecule has 0 radical (unpaired) electrons. The summed E-state index contributed by atoms with van der Waals surface area (Å²) in [6.45, 7) is 1.62. The molecule has 1 heterocycles. The van der Waals surface area contributed by atoms with E-state index in [4.69, 9.17) is 16.3 Å². The Bertz CT molecular complexity index is 633. The van der Waals surface area contributed by atoms with Crippen molar-refractivity contribution in [1.29, 1.82) is 0 Å². The van der Waals surface area contributed by atoms with Gasteiger partial charge in [0, 0.05) is 31.6 Å². The number of piperidine rings is 1. The molecule has 1 aromatic rings. The van der Waals surface area contributed by atoms with E-state index in [1.807, 2.05) is 24.3 Å². The first kappa shape index (κ1) is 18.2. The Hall–Kier alpha value is -1.59. The molecule has 2 aliphatic rings. The summed E-state index contributed by atoms with van der Waals surface area (Å²) in [5.74, 6) is 0.408. The number of halogens is 1. The highest BCUT2D eigenvalue weighted by Crippen LogP contribution is 2.39. The molecule has 1 aliphatic carbocycles. The minimum absolute atomic E-state index is 0.0201. The van der Waals surface area contributed by atoms with E-state index in [9.17, 15) is 9.59 Å². The van der Waals surface area contributed by atoms with Gasteiger partial charge in [-0.25, -0.2) is 0 Å². The quantitative estimate of drug-likeness (QED) is 0.809. The average molecular weight is 365 g/mol. The van der Waals surface area contributed by atoms with Crippen molar-refractivity contribution in [3.05, 3.63) is 34.9 Å². The standard InChI is InChI=1S/C19H25ClN2O3/c1-25-11-10-22-17(23)9-8-15(19(24)21-12-13-6-7-13)18(22)14-4-2-3-5-16(14)20/h2-5,13,15,18H,6-12H2,1H3,(H,21,24)/t15-,18+/m1/s1. The molecule has 2 amide bonds. The van der Waals surface area contributed by atoms with Gasteiger partial charge in [-0.2, -0.15) is 0 Å². The summed E-state index contributed by atoms with van der Waals surface area (Å²) in [6, 6.07) is 7.13. The summed E-state index contributed by atoms with van der Waals surface area (Å²) in [5, 5.41) is 3.66. The predicted octanol–water partition coefficient (Wildman–Crippen LogP) is 2.79. The molecule has 3 rings (SSSR count). The molecule has 2 atom stereocenters. The molecule has 1 aromatic carbocycles. The minimum Gasteiger partial charge on any atom is -0.383 e.